The topological polar surface area (TPSA) is 49.9 Å². The van der Waals surface area contributed by atoms with Crippen LogP contribution in [0.3, 0.4) is 0 Å². The Hall–Kier alpha value is -1.21. The molecule has 8 heteroatoms. The Bertz CT molecular complexity index is 652. The maximum Gasteiger partial charge on any atom is 0.419 e. The fraction of sp³-hybridized carbons (Fsp3) is 0.111. The lowest BCUT2D eigenvalue weighted by molar-refractivity contribution is -0.136. The number of halogens is 4. The summed E-state index contributed by atoms with van der Waals surface area (Å²) in [7, 11) is -2.96. The van der Waals surface area contributed by atoms with Crippen molar-refractivity contribution in [3.63, 3.8) is 0 Å². The van der Waals surface area contributed by atoms with Crippen molar-refractivity contribution in [2.75, 3.05) is 0 Å². The number of thiol groups is 1. The van der Waals surface area contributed by atoms with E-state index >= 15 is 0 Å². The molecule has 0 aliphatic heterocycles. The highest BCUT2D eigenvalue weighted by Crippen LogP contribution is 2.40. The van der Waals surface area contributed by atoms with Crippen molar-refractivity contribution in [1.82, 2.24) is 4.98 Å². The predicted molar refractivity (Wildman–Crippen MR) is 56.9 cm³/mol. The molecule has 92 valence electrons. The summed E-state index contributed by atoms with van der Waals surface area (Å²) in [5.41, 5.74) is -1.38. The van der Waals surface area contributed by atoms with Gasteiger partial charge in [0.25, 0.3) is 0 Å². The summed E-state index contributed by atoms with van der Waals surface area (Å²) >= 11 is 5.49. The molecule has 1 heterocycles. The molecule has 0 aliphatic rings. The monoisotopic (exact) mass is 283 g/mol. The average Bonchev–Trinajstić information content (AvgIpc) is 2.58. The predicted octanol–water partition coefficient (Wildman–Crippen LogP) is 2.81. The standard InChI is InChI=1S/C9H5ClF3NO2S/c10-5-2-1-4-6(17(15)16)3-14-8(4)7(5)9(11,12)13/h1-3,14,17H. The molecule has 0 spiro atoms. The van der Waals surface area contributed by atoms with Crippen LogP contribution in [0.2, 0.25) is 5.02 Å². The van der Waals surface area contributed by atoms with Gasteiger partial charge in [-0.25, -0.2) is 8.42 Å². The summed E-state index contributed by atoms with van der Waals surface area (Å²) in [6.07, 6.45) is -3.63. The van der Waals surface area contributed by atoms with Gasteiger partial charge in [0.15, 0.2) is 10.7 Å². The number of fused-ring (bicyclic) bond motifs is 1. The van der Waals surface area contributed by atoms with E-state index in [-0.39, 0.29) is 15.8 Å². The van der Waals surface area contributed by atoms with E-state index in [1.807, 2.05) is 0 Å². The Morgan fingerprint density at radius 1 is 1.24 bits per heavy atom. The molecule has 0 saturated heterocycles. The number of benzene rings is 1. The first-order valence-electron chi connectivity index (χ1n) is 4.33. The zero-order valence-corrected chi connectivity index (χ0v) is 9.66. The lowest BCUT2D eigenvalue weighted by Gasteiger charge is -2.09. The Balaban J connectivity index is 2.89. The molecule has 0 amide bonds. The third-order valence-corrected chi connectivity index (χ3v) is 3.34. The van der Waals surface area contributed by atoms with Gasteiger partial charge in [-0.2, -0.15) is 13.2 Å². The third kappa shape index (κ3) is 2.00. The highest BCUT2D eigenvalue weighted by Gasteiger charge is 2.36. The van der Waals surface area contributed by atoms with Gasteiger partial charge in [0.05, 0.1) is 21.0 Å². The van der Waals surface area contributed by atoms with Crippen molar-refractivity contribution < 1.29 is 21.6 Å². The average molecular weight is 284 g/mol. The lowest BCUT2D eigenvalue weighted by Crippen LogP contribution is -2.06. The van der Waals surface area contributed by atoms with Gasteiger partial charge in [-0.15, -0.1) is 0 Å². The van der Waals surface area contributed by atoms with Gasteiger partial charge in [0.1, 0.15) is 0 Å². The van der Waals surface area contributed by atoms with Crippen LogP contribution in [-0.2, 0) is 16.9 Å². The van der Waals surface area contributed by atoms with Crippen molar-refractivity contribution in [2.45, 2.75) is 11.1 Å². The molecule has 2 aromatic rings. The highest BCUT2D eigenvalue weighted by molar-refractivity contribution is 7.72. The van der Waals surface area contributed by atoms with Crippen molar-refractivity contribution >= 4 is 33.2 Å². The summed E-state index contributed by atoms with van der Waals surface area (Å²) in [5, 5.41) is -0.489. The van der Waals surface area contributed by atoms with Crippen LogP contribution >= 0.6 is 11.6 Å². The molecule has 0 atom stereocenters. The van der Waals surface area contributed by atoms with Crippen LogP contribution in [0, 0.1) is 0 Å². The van der Waals surface area contributed by atoms with Crippen LogP contribution in [0.5, 0.6) is 0 Å². The fourth-order valence-corrected chi connectivity index (χ4v) is 2.40. The van der Waals surface area contributed by atoms with E-state index in [1.54, 1.807) is 0 Å². The van der Waals surface area contributed by atoms with E-state index in [9.17, 15) is 21.6 Å². The van der Waals surface area contributed by atoms with Gasteiger partial charge < -0.3 is 4.98 Å². The molecular formula is C9H5ClF3NO2S. The van der Waals surface area contributed by atoms with Crippen molar-refractivity contribution in [2.24, 2.45) is 0 Å². The van der Waals surface area contributed by atoms with Crippen molar-refractivity contribution in [3.05, 3.63) is 28.9 Å². The third-order valence-electron chi connectivity index (χ3n) is 2.26. The van der Waals surface area contributed by atoms with E-state index in [0.717, 1.165) is 12.3 Å². The minimum absolute atomic E-state index is 0.0159. The molecular weight excluding hydrogens is 279 g/mol. The molecule has 0 unspecified atom stereocenters. The SMILES string of the molecule is O=[SH](=O)c1c[nH]c2c(C(F)(F)F)c(Cl)ccc12. The number of alkyl halides is 3. The molecule has 0 saturated carbocycles. The van der Waals surface area contributed by atoms with Crippen molar-refractivity contribution in [1.29, 1.82) is 0 Å². The van der Waals surface area contributed by atoms with Crippen LogP contribution in [0.1, 0.15) is 5.56 Å². The van der Waals surface area contributed by atoms with Gasteiger partial charge in [0, 0.05) is 11.6 Å². The highest BCUT2D eigenvalue weighted by atomic mass is 35.5. The maximum atomic E-state index is 12.7. The van der Waals surface area contributed by atoms with Crippen LogP contribution < -0.4 is 0 Å². The molecule has 1 aromatic carbocycles. The first-order chi connectivity index (χ1) is 7.82. The second kappa shape index (κ2) is 3.92. The molecule has 0 radical (unpaired) electrons. The summed E-state index contributed by atoms with van der Waals surface area (Å²) in [6.45, 7) is 0. The molecule has 17 heavy (non-hydrogen) atoms. The second-order valence-electron chi connectivity index (χ2n) is 3.27. The number of hydrogen-bond acceptors (Lipinski definition) is 2. The molecule has 0 bridgehead atoms. The largest absolute Gasteiger partial charge is 0.419 e. The van der Waals surface area contributed by atoms with Gasteiger partial charge >= 0.3 is 6.18 Å². The molecule has 2 rings (SSSR count). The zero-order chi connectivity index (χ0) is 12.8. The second-order valence-corrected chi connectivity index (χ2v) is 4.68. The van der Waals surface area contributed by atoms with E-state index < -0.39 is 27.5 Å². The van der Waals surface area contributed by atoms with E-state index in [0.29, 0.717) is 0 Å². The Morgan fingerprint density at radius 3 is 2.41 bits per heavy atom. The molecule has 0 aliphatic carbocycles. The molecule has 3 nitrogen and oxygen atoms in total. The normalized spacial score (nSPS) is 12.5. The van der Waals surface area contributed by atoms with Crippen LogP contribution in [0.15, 0.2) is 23.2 Å². The van der Waals surface area contributed by atoms with Crippen LogP contribution in [-0.4, -0.2) is 13.4 Å². The van der Waals surface area contributed by atoms with Crippen molar-refractivity contribution in [3.8, 4) is 0 Å². The lowest BCUT2D eigenvalue weighted by atomic mass is 10.1. The van der Waals surface area contributed by atoms with Crippen LogP contribution in [0.4, 0.5) is 13.2 Å². The summed E-state index contributed by atoms with van der Waals surface area (Å²) in [6, 6.07) is 2.27. The minimum Gasteiger partial charge on any atom is -0.359 e. The van der Waals surface area contributed by atoms with Gasteiger partial charge in [-0.3, -0.25) is 0 Å². The Kier molecular flexibility index (Phi) is 2.82. The van der Waals surface area contributed by atoms with E-state index in [4.69, 9.17) is 11.6 Å². The smallest absolute Gasteiger partial charge is 0.359 e. The molecule has 0 fully saturated rings. The number of rotatable bonds is 1. The zero-order valence-electron chi connectivity index (χ0n) is 8.01. The van der Waals surface area contributed by atoms with Crippen LogP contribution in [0.25, 0.3) is 10.9 Å². The Labute approximate surface area is 100 Å². The summed E-state index contributed by atoms with van der Waals surface area (Å²) < 4.78 is 59.9. The first kappa shape index (κ1) is 12.3. The van der Waals surface area contributed by atoms with Gasteiger partial charge in [-0.05, 0) is 6.07 Å². The molecule has 1 N–H and O–H groups in total. The molecule has 1 aromatic heterocycles. The number of aromatic nitrogens is 1. The first-order valence-corrected chi connectivity index (χ1v) is 5.89. The number of nitrogens with one attached hydrogen (secondary N) is 1. The van der Waals surface area contributed by atoms with E-state index in [2.05, 4.69) is 4.98 Å². The fourth-order valence-electron chi connectivity index (χ4n) is 1.59. The van der Waals surface area contributed by atoms with Gasteiger partial charge in [0.2, 0.25) is 0 Å². The summed E-state index contributed by atoms with van der Waals surface area (Å²) in [4.78, 5) is 2.11. The Morgan fingerprint density at radius 2 is 1.88 bits per heavy atom. The number of aromatic amines is 1. The van der Waals surface area contributed by atoms with E-state index in [1.165, 1.54) is 6.07 Å². The minimum atomic E-state index is -4.65. The number of hydrogen-bond donors (Lipinski definition) is 2. The number of H-pyrrole nitrogens is 1. The maximum absolute atomic E-state index is 12.7. The van der Waals surface area contributed by atoms with Gasteiger partial charge in [-0.1, -0.05) is 17.7 Å². The quantitative estimate of drug-likeness (QED) is 0.791. The summed E-state index contributed by atoms with van der Waals surface area (Å²) in [5.74, 6) is 0.